The molecule has 0 atom stereocenters. The third-order valence-electron chi connectivity index (χ3n) is 3.67. The number of carbonyl (C=O) groups excluding carboxylic acids is 3. The number of ether oxygens (including phenoxy) is 4. The number of esters is 1. The summed E-state index contributed by atoms with van der Waals surface area (Å²) in [6, 6.07) is 10.7. The van der Waals surface area contributed by atoms with Crippen LogP contribution in [0.5, 0.6) is 17.2 Å². The van der Waals surface area contributed by atoms with Crippen LogP contribution in [0.15, 0.2) is 42.5 Å². The van der Waals surface area contributed by atoms with Gasteiger partial charge in [-0.15, -0.1) is 0 Å². The number of hydrogen-bond donors (Lipinski definition) is 1. The van der Waals surface area contributed by atoms with Gasteiger partial charge in [0.2, 0.25) is 0 Å². The van der Waals surface area contributed by atoms with E-state index in [0.29, 0.717) is 36.0 Å². The van der Waals surface area contributed by atoms with E-state index in [1.807, 2.05) is 0 Å². The molecule has 0 unspecified atom stereocenters. The fourth-order valence-corrected chi connectivity index (χ4v) is 2.36. The molecular weight excluding hydrogens is 354 g/mol. The van der Waals surface area contributed by atoms with E-state index in [1.54, 1.807) is 18.2 Å². The lowest BCUT2D eigenvalue weighted by molar-refractivity contribution is -0.119. The smallest absolute Gasteiger partial charge is 0.338 e. The highest BCUT2D eigenvalue weighted by Crippen LogP contribution is 2.30. The minimum absolute atomic E-state index is 0.247. The number of rotatable bonds is 7. The Bertz CT molecular complexity index is 861. The van der Waals surface area contributed by atoms with Crippen molar-refractivity contribution in [3.63, 3.8) is 0 Å². The SMILES string of the molecule is NC(=O)COc1ccc(C(=O)OCC(=O)c2ccc3c(c2)OCCO3)cc1. The Morgan fingerprint density at radius 3 is 2.26 bits per heavy atom. The largest absolute Gasteiger partial charge is 0.486 e. The summed E-state index contributed by atoms with van der Waals surface area (Å²) in [5, 5.41) is 0. The highest BCUT2D eigenvalue weighted by atomic mass is 16.6. The van der Waals surface area contributed by atoms with Gasteiger partial charge in [0.25, 0.3) is 5.91 Å². The molecule has 0 bridgehead atoms. The second kappa shape index (κ2) is 8.22. The standard InChI is InChI=1S/C19H17NO7/c20-18(22)11-26-14-4-1-12(2-5-14)19(23)27-10-15(21)13-3-6-16-17(9-13)25-8-7-24-16/h1-6,9H,7-8,10-11H2,(H2,20,22). The van der Waals surface area contributed by atoms with Crippen molar-refractivity contribution in [2.75, 3.05) is 26.4 Å². The van der Waals surface area contributed by atoms with Crippen molar-refractivity contribution in [2.24, 2.45) is 5.73 Å². The molecule has 2 aromatic carbocycles. The molecule has 8 heteroatoms. The second-order valence-corrected chi connectivity index (χ2v) is 5.64. The lowest BCUT2D eigenvalue weighted by atomic mass is 10.1. The molecule has 27 heavy (non-hydrogen) atoms. The van der Waals surface area contributed by atoms with Crippen LogP contribution in [-0.2, 0) is 9.53 Å². The Labute approximate surface area is 154 Å². The molecule has 0 spiro atoms. The maximum absolute atomic E-state index is 12.2. The van der Waals surface area contributed by atoms with Gasteiger partial charge in [0.15, 0.2) is 30.5 Å². The first kappa shape index (κ1) is 18.2. The minimum Gasteiger partial charge on any atom is -0.486 e. The molecule has 0 aliphatic carbocycles. The summed E-state index contributed by atoms with van der Waals surface area (Å²) in [5.41, 5.74) is 5.60. The van der Waals surface area contributed by atoms with Crippen molar-refractivity contribution in [3.8, 4) is 17.2 Å². The first-order valence-electron chi connectivity index (χ1n) is 8.14. The maximum Gasteiger partial charge on any atom is 0.338 e. The van der Waals surface area contributed by atoms with E-state index in [9.17, 15) is 14.4 Å². The van der Waals surface area contributed by atoms with Crippen molar-refractivity contribution in [1.29, 1.82) is 0 Å². The number of Topliss-reactive ketones (excluding diaryl/α,β-unsaturated/α-hetero) is 1. The third kappa shape index (κ3) is 4.75. The van der Waals surface area contributed by atoms with E-state index in [1.165, 1.54) is 24.3 Å². The number of benzene rings is 2. The Kier molecular flexibility index (Phi) is 5.55. The summed E-state index contributed by atoms with van der Waals surface area (Å²) < 4.78 is 21.0. The number of primary amides is 1. The van der Waals surface area contributed by atoms with Crippen LogP contribution >= 0.6 is 0 Å². The van der Waals surface area contributed by atoms with Crippen LogP contribution in [-0.4, -0.2) is 44.1 Å². The van der Waals surface area contributed by atoms with Crippen LogP contribution in [0.25, 0.3) is 0 Å². The van der Waals surface area contributed by atoms with Gasteiger partial charge in [-0.1, -0.05) is 0 Å². The van der Waals surface area contributed by atoms with Crippen LogP contribution in [0.4, 0.5) is 0 Å². The van der Waals surface area contributed by atoms with E-state index >= 15 is 0 Å². The highest BCUT2D eigenvalue weighted by molar-refractivity contribution is 5.99. The van der Waals surface area contributed by atoms with Crippen LogP contribution in [0.3, 0.4) is 0 Å². The molecule has 3 rings (SSSR count). The molecule has 2 N–H and O–H groups in total. The van der Waals surface area contributed by atoms with E-state index in [0.717, 1.165) is 0 Å². The molecule has 0 radical (unpaired) electrons. The summed E-state index contributed by atoms with van der Waals surface area (Å²) in [4.78, 5) is 35.0. The first-order chi connectivity index (χ1) is 13.0. The molecule has 0 fully saturated rings. The van der Waals surface area contributed by atoms with Gasteiger partial charge in [-0.05, 0) is 42.5 Å². The maximum atomic E-state index is 12.2. The summed E-state index contributed by atoms with van der Waals surface area (Å²) in [7, 11) is 0. The molecule has 1 aliphatic rings. The predicted molar refractivity (Wildman–Crippen MR) is 93.2 cm³/mol. The zero-order chi connectivity index (χ0) is 19.2. The van der Waals surface area contributed by atoms with Gasteiger partial charge in [0, 0.05) is 5.56 Å². The van der Waals surface area contributed by atoms with Gasteiger partial charge < -0.3 is 24.7 Å². The average Bonchev–Trinajstić information content (AvgIpc) is 2.70. The Hall–Kier alpha value is -3.55. The summed E-state index contributed by atoms with van der Waals surface area (Å²) in [6.45, 7) is 0.218. The fourth-order valence-electron chi connectivity index (χ4n) is 2.36. The first-order valence-corrected chi connectivity index (χ1v) is 8.14. The molecule has 0 saturated heterocycles. The Balaban J connectivity index is 1.55. The van der Waals surface area contributed by atoms with Gasteiger partial charge in [-0.3, -0.25) is 9.59 Å². The summed E-state index contributed by atoms with van der Waals surface area (Å²) >= 11 is 0. The topological polar surface area (TPSA) is 114 Å². The summed E-state index contributed by atoms with van der Waals surface area (Å²) in [5.74, 6) is -0.156. The molecule has 0 saturated carbocycles. The zero-order valence-electron chi connectivity index (χ0n) is 14.3. The average molecular weight is 371 g/mol. The monoisotopic (exact) mass is 371 g/mol. The molecule has 1 amide bonds. The molecule has 2 aromatic rings. The van der Waals surface area contributed by atoms with E-state index < -0.39 is 18.5 Å². The Morgan fingerprint density at radius 1 is 0.889 bits per heavy atom. The van der Waals surface area contributed by atoms with Crippen molar-refractivity contribution in [1.82, 2.24) is 0 Å². The van der Waals surface area contributed by atoms with E-state index in [2.05, 4.69) is 0 Å². The quantitative estimate of drug-likeness (QED) is 0.577. The third-order valence-corrected chi connectivity index (χ3v) is 3.67. The predicted octanol–water partition coefficient (Wildman–Crippen LogP) is 1.36. The van der Waals surface area contributed by atoms with Crippen LogP contribution in [0.1, 0.15) is 20.7 Å². The number of amides is 1. The van der Waals surface area contributed by atoms with Gasteiger partial charge in [0.05, 0.1) is 5.56 Å². The number of ketones is 1. The van der Waals surface area contributed by atoms with Crippen molar-refractivity contribution >= 4 is 17.7 Å². The number of carbonyl (C=O) groups is 3. The van der Waals surface area contributed by atoms with Crippen molar-refractivity contribution in [2.45, 2.75) is 0 Å². The molecular formula is C19H17NO7. The molecule has 0 aromatic heterocycles. The normalized spacial score (nSPS) is 12.1. The van der Waals surface area contributed by atoms with E-state index in [4.69, 9.17) is 24.7 Å². The Morgan fingerprint density at radius 2 is 1.56 bits per heavy atom. The van der Waals surface area contributed by atoms with Gasteiger partial charge in [-0.2, -0.15) is 0 Å². The van der Waals surface area contributed by atoms with Crippen molar-refractivity contribution in [3.05, 3.63) is 53.6 Å². The zero-order valence-corrected chi connectivity index (χ0v) is 14.3. The lowest BCUT2D eigenvalue weighted by Crippen LogP contribution is -2.20. The van der Waals surface area contributed by atoms with Gasteiger partial charge >= 0.3 is 5.97 Å². The molecule has 140 valence electrons. The molecule has 1 heterocycles. The minimum atomic E-state index is -0.651. The molecule has 1 aliphatic heterocycles. The number of fused-ring (bicyclic) bond motifs is 1. The fraction of sp³-hybridized carbons (Fsp3) is 0.211. The highest BCUT2D eigenvalue weighted by Gasteiger charge is 2.16. The van der Waals surface area contributed by atoms with Gasteiger partial charge in [0.1, 0.15) is 19.0 Å². The van der Waals surface area contributed by atoms with Crippen LogP contribution < -0.4 is 19.9 Å². The van der Waals surface area contributed by atoms with Crippen LogP contribution in [0.2, 0.25) is 0 Å². The van der Waals surface area contributed by atoms with Gasteiger partial charge in [-0.25, -0.2) is 4.79 Å². The van der Waals surface area contributed by atoms with Crippen LogP contribution in [0, 0.1) is 0 Å². The number of nitrogens with two attached hydrogens (primary N) is 1. The second-order valence-electron chi connectivity index (χ2n) is 5.64. The van der Waals surface area contributed by atoms with E-state index in [-0.39, 0.29) is 18.0 Å². The van der Waals surface area contributed by atoms with Crippen molar-refractivity contribution < 1.29 is 33.3 Å². The lowest BCUT2D eigenvalue weighted by Gasteiger charge is -2.18. The molecule has 8 nitrogen and oxygen atoms in total. The number of hydrogen-bond acceptors (Lipinski definition) is 7. The summed E-state index contributed by atoms with van der Waals surface area (Å²) in [6.07, 6.45) is 0.